The van der Waals surface area contributed by atoms with E-state index in [1.54, 1.807) is 0 Å². The molecule has 0 saturated carbocycles. The molecular formula is C52H32. The summed E-state index contributed by atoms with van der Waals surface area (Å²) in [4.78, 5) is 0. The molecule has 0 atom stereocenters. The fraction of sp³-hybridized carbons (Fsp3) is 0. The first-order chi connectivity index (χ1) is 25.8. The molecular weight excluding hydrogens is 625 g/mol. The highest BCUT2D eigenvalue weighted by molar-refractivity contribution is 6.41. The molecule has 0 amide bonds. The molecule has 240 valence electrons. The second kappa shape index (κ2) is 11.4. The standard InChI is InChI=1S/C52H32/c1-4-15-33(16-5-1)37-23-12-24-39-47(35-19-8-3-9-20-35)31-36(32-48(37)39)49-41-21-10-11-22-43(41)52-46-30-29-38(34-17-6-2-7-18-34)40-25-13-26-42(50(40)46)44-27-14-28-45(49)51(44)52/h1-32H. The van der Waals surface area contributed by atoms with Gasteiger partial charge < -0.3 is 0 Å². The second-order valence-electron chi connectivity index (χ2n) is 13.9. The summed E-state index contributed by atoms with van der Waals surface area (Å²) in [5.74, 6) is 0. The highest BCUT2D eigenvalue weighted by atomic mass is 14.2. The molecule has 11 rings (SSSR count). The van der Waals surface area contributed by atoms with Crippen LogP contribution in [0.2, 0.25) is 0 Å². The molecule has 0 heteroatoms. The van der Waals surface area contributed by atoms with E-state index >= 15 is 0 Å². The first-order valence-corrected chi connectivity index (χ1v) is 18.1. The minimum Gasteiger partial charge on any atom is -0.0622 e. The summed E-state index contributed by atoms with van der Waals surface area (Å²) in [5, 5.41) is 15.6. The lowest BCUT2D eigenvalue weighted by Crippen LogP contribution is -1.94. The highest BCUT2D eigenvalue weighted by Gasteiger charge is 2.22. The topological polar surface area (TPSA) is 0 Å². The van der Waals surface area contributed by atoms with Gasteiger partial charge in [-0.05, 0) is 121 Å². The van der Waals surface area contributed by atoms with Gasteiger partial charge in [0.15, 0.2) is 0 Å². The van der Waals surface area contributed by atoms with Crippen LogP contribution in [0.1, 0.15) is 0 Å². The zero-order valence-electron chi connectivity index (χ0n) is 28.5. The van der Waals surface area contributed by atoms with Gasteiger partial charge in [0.05, 0.1) is 0 Å². The fourth-order valence-corrected chi connectivity index (χ4v) is 9.01. The third kappa shape index (κ3) is 4.22. The number of hydrogen-bond donors (Lipinski definition) is 0. The van der Waals surface area contributed by atoms with Gasteiger partial charge in [-0.25, -0.2) is 0 Å². The van der Waals surface area contributed by atoms with Gasteiger partial charge >= 0.3 is 0 Å². The van der Waals surface area contributed by atoms with Crippen LogP contribution in [-0.4, -0.2) is 0 Å². The van der Waals surface area contributed by atoms with E-state index in [0.29, 0.717) is 0 Å². The van der Waals surface area contributed by atoms with Gasteiger partial charge in [-0.2, -0.15) is 0 Å². The van der Waals surface area contributed by atoms with Gasteiger partial charge in [0, 0.05) is 0 Å². The van der Waals surface area contributed by atoms with Crippen molar-refractivity contribution in [2.24, 2.45) is 0 Å². The minimum absolute atomic E-state index is 1.22. The van der Waals surface area contributed by atoms with E-state index in [0.717, 1.165) is 0 Å². The summed E-state index contributed by atoms with van der Waals surface area (Å²) in [7, 11) is 0. The third-order valence-corrected chi connectivity index (χ3v) is 11.2. The van der Waals surface area contributed by atoms with Crippen LogP contribution in [0.4, 0.5) is 0 Å². The first-order valence-electron chi connectivity index (χ1n) is 18.1. The molecule has 0 unspecified atom stereocenters. The van der Waals surface area contributed by atoms with Crippen LogP contribution in [-0.2, 0) is 0 Å². The smallest absolute Gasteiger partial charge is 0.00137 e. The van der Waals surface area contributed by atoms with Crippen molar-refractivity contribution in [3.8, 4) is 44.5 Å². The van der Waals surface area contributed by atoms with E-state index in [-0.39, 0.29) is 0 Å². The zero-order valence-corrected chi connectivity index (χ0v) is 28.5. The van der Waals surface area contributed by atoms with E-state index in [4.69, 9.17) is 0 Å². The zero-order chi connectivity index (χ0) is 34.2. The minimum atomic E-state index is 1.22. The Morgan fingerprint density at radius 2 is 0.654 bits per heavy atom. The van der Waals surface area contributed by atoms with E-state index in [1.165, 1.54) is 109 Å². The lowest BCUT2D eigenvalue weighted by molar-refractivity contribution is 1.62. The molecule has 0 nitrogen and oxygen atoms in total. The number of rotatable bonds is 4. The van der Waals surface area contributed by atoms with Crippen molar-refractivity contribution in [3.05, 3.63) is 194 Å². The molecule has 0 fully saturated rings. The van der Waals surface area contributed by atoms with Gasteiger partial charge in [-0.15, -0.1) is 0 Å². The maximum atomic E-state index is 2.45. The van der Waals surface area contributed by atoms with Gasteiger partial charge in [-0.1, -0.05) is 182 Å². The Morgan fingerprint density at radius 1 is 0.192 bits per heavy atom. The highest BCUT2D eigenvalue weighted by Crippen LogP contribution is 2.50. The van der Waals surface area contributed by atoms with E-state index in [9.17, 15) is 0 Å². The lowest BCUT2D eigenvalue weighted by Gasteiger charge is -2.22. The predicted octanol–water partition coefficient (Wildman–Crippen LogP) is 14.7. The first kappa shape index (κ1) is 29.0. The van der Waals surface area contributed by atoms with Crippen LogP contribution >= 0.6 is 0 Å². The van der Waals surface area contributed by atoms with Crippen molar-refractivity contribution in [2.45, 2.75) is 0 Å². The number of benzene rings is 11. The molecule has 0 spiro atoms. The van der Waals surface area contributed by atoms with Crippen LogP contribution in [0.15, 0.2) is 194 Å². The molecule has 11 aromatic carbocycles. The lowest BCUT2D eigenvalue weighted by atomic mass is 9.81. The molecule has 0 bridgehead atoms. The van der Waals surface area contributed by atoms with E-state index in [1.807, 2.05) is 0 Å². The van der Waals surface area contributed by atoms with Crippen LogP contribution in [0, 0.1) is 0 Å². The normalized spacial score (nSPS) is 11.8. The summed E-state index contributed by atoms with van der Waals surface area (Å²) in [6, 6.07) is 71.7. The van der Waals surface area contributed by atoms with Gasteiger partial charge in [0.2, 0.25) is 0 Å². The number of fused-ring (bicyclic) bond motifs is 5. The third-order valence-electron chi connectivity index (χ3n) is 11.2. The van der Waals surface area contributed by atoms with Crippen molar-refractivity contribution in [2.75, 3.05) is 0 Å². The summed E-state index contributed by atoms with van der Waals surface area (Å²) in [6.07, 6.45) is 0. The van der Waals surface area contributed by atoms with Gasteiger partial charge in [0.25, 0.3) is 0 Å². The Bertz CT molecular complexity index is 3140. The average molecular weight is 657 g/mol. The largest absolute Gasteiger partial charge is 0.0622 e. The fourth-order valence-electron chi connectivity index (χ4n) is 9.01. The molecule has 0 saturated heterocycles. The molecule has 0 aliphatic carbocycles. The van der Waals surface area contributed by atoms with Crippen molar-refractivity contribution in [1.29, 1.82) is 0 Å². The summed E-state index contributed by atoms with van der Waals surface area (Å²) in [6.45, 7) is 0. The van der Waals surface area contributed by atoms with E-state index in [2.05, 4.69) is 194 Å². The SMILES string of the molecule is c1ccc(-c2cc(-c3c4ccccc4c4c5ccc(-c6ccccc6)c6cccc(c7cccc3c74)c65)cc3c(-c4ccccc4)cccc23)cc1. The maximum absolute atomic E-state index is 2.45. The second-order valence-corrected chi connectivity index (χ2v) is 13.9. The van der Waals surface area contributed by atoms with Crippen LogP contribution < -0.4 is 0 Å². The van der Waals surface area contributed by atoms with Crippen molar-refractivity contribution >= 4 is 64.6 Å². The van der Waals surface area contributed by atoms with Gasteiger partial charge in [0.1, 0.15) is 0 Å². The molecule has 0 aromatic heterocycles. The Balaban J connectivity index is 1.31. The van der Waals surface area contributed by atoms with E-state index < -0.39 is 0 Å². The van der Waals surface area contributed by atoms with Gasteiger partial charge in [-0.3, -0.25) is 0 Å². The van der Waals surface area contributed by atoms with Crippen LogP contribution in [0.3, 0.4) is 0 Å². The molecule has 0 heterocycles. The molecule has 0 aliphatic heterocycles. The van der Waals surface area contributed by atoms with Crippen molar-refractivity contribution in [1.82, 2.24) is 0 Å². The molecule has 0 N–H and O–H groups in total. The number of hydrogen-bond acceptors (Lipinski definition) is 0. The summed E-state index contributed by atoms with van der Waals surface area (Å²) < 4.78 is 0. The Hall–Kier alpha value is -6.76. The van der Waals surface area contributed by atoms with Crippen molar-refractivity contribution < 1.29 is 0 Å². The summed E-state index contributed by atoms with van der Waals surface area (Å²) in [5.41, 5.74) is 9.99. The van der Waals surface area contributed by atoms with Crippen LogP contribution in [0.25, 0.3) is 109 Å². The van der Waals surface area contributed by atoms with Crippen molar-refractivity contribution in [3.63, 3.8) is 0 Å². The monoisotopic (exact) mass is 656 g/mol. The molecule has 0 aliphatic rings. The summed E-state index contributed by atoms with van der Waals surface area (Å²) >= 11 is 0. The van der Waals surface area contributed by atoms with Crippen LogP contribution in [0.5, 0.6) is 0 Å². The quantitative estimate of drug-likeness (QED) is 0.131. The average Bonchev–Trinajstić information content (AvgIpc) is 3.22. The Labute approximate surface area is 302 Å². The Morgan fingerprint density at radius 3 is 1.35 bits per heavy atom. The Kier molecular flexibility index (Phi) is 6.35. The molecule has 11 aromatic rings. The predicted molar refractivity (Wildman–Crippen MR) is 224 cm³/mol. The molecule has 0 radical (unpaired) electrons. The molecule has 52 heavy (non-hydrogen) atoms. The maximum Gasteiger partial charge on any atom is -0.00137 e.